The number of halogens is 1. The smallest absolute Gasteiger partial charge is 0.305 e. The number of rotatable bonds is 5. The molecule has 0 saturated heterocycles. The van der Waals surface area contributed by atoms with Crippen LogP contribution in [0.2, 0.25) is 0 Å². The molecule has 1 aromatic carbocycles. The van der Waals surface area contributed by atoms with Crippen LogP contribution in [0.1, 0.15) is 18.4 Å². The number of esters is 1. The van der Waals surface area contributed by atoms with Gasteiger partial charge in [0.25, 0.3) is 0 Å². The summed E-state index contributed by atoms with van der Waals surface area (Å²) < 4.78 is 4.56. The molecule has 0 radical (unpaired) electrons. The largest absolute Gasteiger partial charge is 0.469 e. The van der Waals surface area contributed by atoms with Gasteiger partial charge in [0.2, 0.25) is 0 Å². The minimum atomic E-state index is -0.181. The Kier molecular flexibility index (Phi) is 7.54. The Bertz CT molecular complexity index is 393. The highest BCUT2D eigenvalue weighted by atomic mass is 35.5. The highest BCUT2D eigenvalue weighted by Crippen LogP contribution is 2.11. The molecule has 100 valence electrons. The van der Waals surface area contributed by atoms with E-state index >= 15 is 0 Å². The number of methoxy groups -OCH3 is 1. The standard InChI is InChI=1S/C12H17N3O2.ClH/c1-17-11(16)4-2-3-9-5-7-10(8-6-9)15-12(13)14;/h5-8H,2-4H2,1H3,(H4,13,14,15);1H. The lowest BCUT2D eigenvalue weighted by Crippen LogP contribution is -2.20. The van der Waals surface area contributed by atoms with Crippen molar-refractivity contribution >= 4 is 30.0 Å². The van der Waals surface area contributed by atoms with E-state index in [9.17, 15) is 4.79 Å². The van der Waals surface area contributed by atoms with Gasteiger partial charge in [-0.05, 0) is 30.5 Å². The molecule has 18 heavy (non-hydrogen) atoms. The van der Waals surface area contributed by atoms with Crippen LogP contribution in [0.5, 0.6) is 0 Å². The number of carbonyl (C=O) groups excluding carboxylic acids is 1. The van der Waals surface area contributed by atoms with Crippen LogP contribution in [0.25, 0.3) is 0 Å². The lowest BCUT2D eigenvalue weighted by atomic mass is 10.1. The molecule has 0 saturated carbocycles. The summed E-state index contributed by atoms with van der Waals surface area (Å²) >= 11 is 0. The number of hydrogen-bond acceptors (Lipinski definition) is 3. The Labute approximate surface area is 113 Å². The van der Waals surface area contributed by atoms with Crippen LogP contribution >= 0.6 is 12.4 Å². The van der Waals surface area contributed by atoms with Crippen LogP contribution in [0.3, 0.4) is 0 Å². The second kappa shape index (κ2) is 8.36. The summed E-state index contributed by atoms with van der Waals surface area (Å²) in [6.45, 7) is 0. The van der Waals surface area contributed by atoms with E-state index in [0.717, 1.165) is 24.1 Å². The molecule has 1 aromatic rings. The zero-order chi connectivity index (χ0) is 12.7. The Morgan fingerprint density at radius 3 is 2.50 bits per heavy atom. The number of anilines is 1. The summed E-state index contributed by atoms with van der Waals surface area (Å²) in [6.07, 6.45) is 2.03. The van der Waals surface area contributed by atoms with Gasteiger partial charge in [-0.25, -0.2) is 0 Å². The molecule has 0 aliphatic carbocycles. The molecule has 4 N–H and O–H groups in total. The monoisotopic (exact) mass is 271 g/mol. The summed E-state index contributed by atoms with van der Waals surface area (Å²) in [6, 6.07) is 7.61. The predicted octanol–water partition coefficient (Wildman–Crippen LogP) is 1.91. The summed E-state index contributed by atoms with van der Waals surface area (Å²) in [5, 5.41) is 9.78. The molecule has 0 aliphatic heterocycles. The van der Waals surface area contributed by atoms with Crippen molar-refractivity contribution in [3.8, 4) is 0 Å². The van der Waals surface area contributed by atoms with Crippen molar-refractivity contribution in [2.45, 2.75) is 19.3 Å². The van der Waals surface area contributed by atoms with Crippen molar-refractivity contribution in [3.05, 3.63) is 29.8 Å². The van der Waals surface area contributed by atoms with E-state index in [1.807, 2.05) is 24.3 Å². The fourth-order valence-electron chi connectivity index (χ4n) is 1.45. The third kappa shape index (κ3) is 6.10. The van der Waals surface area contributed by atoms with Crippen molar-refractivity contribution in [1.29, 1.82) is 5.41 Å². The summed E-state index contributed by atoms with van der Waals surface area (Å²) in [7, 11) is 1.39. The van der Waals surface area contributed by atoms with Gasteiger partial charge in [-0.1, -0.05) is 12.1 Å². The van der Waals surface area contributed by atoms with E-state index in [0.29, 0.717) is 6.42 Å². The molecule has 0 fully saturated rings. The maximum absolute atomic E-state index is 10.9. The number of nitrogens with one attached hydrogen (secondary N) is 2. The molecule has 0 bridgehead atoms. The fraction of sp³-hybridized carbons (Fsp3) is 0.333. The van der Waals surface area contributed by atoms with Crippen LogP contribution in [0, 0.1) is 5.41 Å². The van der Waals surface area contributed by atoms with Crippen LogP contribution in [-0.2, 0) is 16.0 Å². The van der Waals surface area contributed by atoms with Gasteiger partial charge in [0.15, 0.2) is 5.96 Å². The fourth-order valence-corrected chi connectivity index (χ4v) is 1.45. The number of hydrogen-bond donors (Lipinski definition) is 3. The van der Waals surface area contributed by atoms with E-state index in [-0.39, 0.29) is 24.3 Å². The molecule has 0 heterocycles. The zero-order valence-electron chi connectivity index (χ0n) is 10.2. The molecule has 0 aromatic heterocycles. The number of nitrogens with two attached hydrogens (primary N) is 1. The quantitative estimate of drug-likeness (QED) is 0.434. The first-order chi connectivity index (χ1) is 8.11. The van der Waals surface area contributed by atoms with Crippen molar-refractivity contribution < 1.29 is 9.53 Å². The molecule has 0 aliphatic rings. The van der Waals surface area contributed by atoms with Crippen LogP contribution in [0.4, 0.5) is 5.69 Å². The first-order valence-electron chi connectivity index (χ1n) is 5.38. The van der Waals surface area contributed by atoms with Gasteiger partial charge >= 0.3 is 5.97 Å². The Balaban J connectivity index is 0.00000289. The van der Waals surface area contributed by atoms with Crippen LogP contribution < -0.4 is 11.1 Å². The second-order valence-electron chi connectivity index (χ2n) is 3.67. The van der Waals surface area contributed by atoms with Gasteiger partial charge in [-0.3, -0.25) is 10.2 Å². The minimum absolute atomic E-state index is 0. The zero-order valence-corrected chi connectivity index (χ0v) is 11.0. The first kappa shape index (κ1) is 16.2. The Morgan fingerprint density at radius 2 is 2.00 bits per heavy atom. The molecule has 0 atom stereocenters. The summed E-state index contributed by atoms with van der Waals surface area (Å²) in [4.78, 5) is 10.9. The number of benzene rings is 1. The van der Waals surface area contributed by atoms with Crippen molar-refractivity contribution in [1.82, 2.24) is 0 Å². The molecular weight excluding hydrogens is 254 g/mol. The van der Waals surface area contributed by atoms with Crippen molar-refractivity contribution in [3.63, 3.8) is 0 Å². The highest BCUT2D eigenvalue weighted by Gasteiger charge is 2.00. The topological polar surface area (TPSA) is 88.2 Å². The third-order valence-corrected chi connectivity index (χ3v) is 2.31. The molecular formula is C12H18ClN3O2. The van der Waals surface area contributed by atoms with Gasteiger partial charge < -0.3 is 15.8 Å². The van der Waals surface area contributed by atoms with Gasteiger partial charge in [0.1, 0.15) is 0 Å². The Hall–Kier alpha value is -1.75. The minimum Gasteiger partial charge on any atom is -0.469 e. The van der Waals surface area contributed by atoms with Gasteiger partial charge in [-0.15, -0.1) is 12.4 Å². The normalized spacial score (nSPS) is 9.17. The van der Waals surface area contributed by atoms with Gasteiger partial charge in [-0.2, -0.15) is 0 Å². The van der Waals surface area contributed by atoms with E-state index in [1.54, 1.807) is 0 Å². The summed E-state index contributed by atoms with van der Waals surface area (Å²) in [5.74, 6) is -0.261. The number of aryl methyl sites for hydroxylation is 1. The van der Waals surface area contributed by atoms with Gasteiger partial charge in [0, 0.05) is 12.1 Å². The molecule has 0 amide bonds. The average Bonchev–Trinajstić information content (AvgIpc) is 2.30. The number of ether oxygens (including phenoxy) is 1. The lowest BCUT2D eigenvalue weighted by molar-refractivity contribution is -0.140. The van der Waals surface area contributed by atoms with E-state index in [1.165, 1.54) is 7.11 Å². The van der Waals surface area contributed by atoms with Crippen molar-refractivity contribution in [2.24, 2.45) is 5.73 Å². The molecule has 0 unspecified atom stereocenters. The average molecular weight is 272 g/mol. The second-order valence-corrected chi connectivity index (χ2v) is 3.67. The first-order valence-corrected chi connectivity index (χ1v) is 5.38. The van der Waals surface area contributed by atoms with E-state index < -0.39 is 0 Å². The van der Waals surface area contributed by atoms with Crippen LogP contribution in [-0.4, -0.2) is 19.0 Å². The molecule has 0 spiro atoms. The SMILES string of the molecule is COC(=O)CCCc1ccc(NC(=N)N)cc1.Cl. The summed E-state index contributed by atoms with van der Waals surface area (Å²) in [5.41, 5.74) is 7.14. The Morgan fingerprint density at radius 1 is 1.39 bits per heavy atom. The highest BCUT2D eigenvalue weighted by molar-refractivity contribution is 5.89. The predicted molar refractivity (Wildman–Crippen MR) is 74.2 cm³/mol. The number of carbonyl (C=O) groups is 1. The third-order valence-electron chi connectivity index (χ3n) is 2.31. The van der Waals surface area contributed by atoms with E-state index in [2.05, 4.69) is 10.1 Å². The lowest BCUT2D eigenvalue weighted by Gasteiger charge is -2.05. The van der Waals surface area contributed by atoms with Gasteiger partial charge in [0.05, 0.1) is 7.11 Å². The van der Waals surface area contributed by atoms with Crippen molar-refractivity contribution in [2.75, 3.05) is 12.4 Å². The number of guanidine groups is 1. The maximum Gasteiger partial charge on any atom is 0.305 e. The maximum atomic E-state index is 10.9. The van der Waals surface area contributed by atoms with Crippen LogP contribution in [0.15, 0.2) is 24.3 Å². The van der Waals surface area contributed by atoms with E-state index in [4.69, 9.17) is 11.1 Å². The molecule has 6 heteroatoms. The molecule has 5 nitrogen and oxygen atoms in total. The molecule has 1 rings (SSSR count).